The zero-order valence-electron chi connectivity index (χ0n) is 8.62. The van der Waals surface area contributed by atoms with Crippen LogP contribution in [0.25, 0.3) is 0 Å². The van der Waals surface area contributed by atoms with Crippen molar-refractivity contribution in [1.82, 2.24) is 10.6 Å². The second-order valence-electron chi connectivity index (χ2n) is 4.80. The quantitative estimate of drug-likeness (QED) is 0.660. The number of fused-ring (bicyclic) bond motifs is 2. The van der Waals surface area contributed by atoms with E-state index in [1.54, 1.807) is 0 Å². The highest BCUT2D eigenvalue weighted by molar-refractivity contribution is 5.85. The molecule has 15 heavy (non-hydrogen) atoms. The molecule has 1 unspecified atom stereocenters. The number of rotatable bonds is 0. The number of hydrogen-bond donors (Lipinski definition) is 2. The summed E-state index contributed by atoms with van der Waals surface area (Å²) in [5, 5.41) is 6.29. The number of carbonyl (C=O) groups is 1. The van der Waals surface area contributed by atoms with Crippen LogP contribution in [-0.4, -0.2) is 30.3 Å². The third-order valence-corrected chi connectivity index (χ3v) is 3.73. The van der Waals surface area contributed by atoms with Crippen LogP contribution < -0.4 is 10.6 Å². The van der Waals surface area contributed by atoms with Gasteiger partial charge in [0, 0.05) is 37.9 Å². The lowest BCUT2D eigenvalue weighted by Crippen LogP contribution is -2.55. The van der Waals surface area contributed by atoms with Gasteiger partial charge in [0.1, 0.15) is 5.60 Å². The number of hydrogen-bond acceptors (Lipinski definition) is 3. The molecule has 3 aliphatic heterocycles. The van der Waals surface area contributed by atoms with Crippen molar-refractivity contribution in [3.63, 3.8) is 0 Å². The van der Waals surface area contributed by atoms with E-state index in [1.807, 2.05) is 0 Å². The Morgan fingerprint density at radius 1 is 1.27 bits per heavy atom. The first kappa shape index (κ1) is 11.0. The third-order valence-electron chi connectivity index (χ3n) is 3.73. The van der Waals surface area contributed by atoms with Crippen LogP contribution in [0.5, 0.6) is 0 Å². The molecule has 0 aliphatic carbocycles. The summed E-state index contributed by atoms with van der Waals surface area (Å²) in [6, 6.07) is 1.17. The minimum absolute atomic E-state index is 0. The maximum atomic E-state index is 11.2. The topological polar surface area (TPSA) is 50.4 Å². The van der Waals surface area contributed by atoms with Gasteiger partial charge in [0.15, 0.2) is 0 Å². The summed E-state index contributed by atoms with van der Waals surface area (Å²) in [4.78, 5) is 11.2. The number of piperidine rings is 1. The first-order valence-electron chi connectivity index (χ1n) is 5.49. The Morgan fingerprint density at radius 3 is 2.53 bits per heavy atom. The van der Waals surface area contributed by atoms with Crippen molar-refractivity contribution >= 4 is 18.5 Å². The molecule has 3 atom stereocenters. The normalized spacial score (nSPS) is 43.1. The summed E-state index contributed by atoms with van der Waals surface area (Å²) < 4.78 is 5.51. The number of amides is 1. The predicted molar refractivity (Wildman–Crippen MR) is 58.3 cm³/mol. The molecule has 0 radical (unpaired) electrons. The van der Waals surface area contributed by atoms with Gasteiger partial charge in [-0.3, -0.25) is 0 Å². The molecule has 1 spiro atoms. The molecule has 3 fully saturated rings. The molecule has 3 heterocycles. The molecule has 5 heteroatoms. The summed E-state index contributed by atoms with van der Waals surface area (Å²) in [7, 11) is 0. The van der Waals surface area contributed by atoms with Gasteiger partial charge in [-0.1, -0.05) is 0 Å². The standard InChI is InChI=1S/C10H16N2O2.ClH/c13-9-11-4-3-10(14-9)5-7-1-2-8(6-10)12-7;/h7-8,12H,1-6H2,(H,11,13);1H/t7-,8+,10?;. The van der Waals surface area contributed by atoms with E-state index in [0.29, 0.717) is 12.1 Å². The van der Waals surface area contributed by atoms with E-state index in [9.17, 15) is 4.79 Å². The average molecular weight is 233 g/mol. The fourth-order valence-corrected chi connectivity index (χ4v) is 3.17. The minimum Gasteiger partial charge on any atom is -0.443 e. The van der Waals surface area contributed by atoms with Crippen molar-refractivity contribution < 1.29 is 9.53 Å². The monoisotopic (exact) mass is 232 g/mol. The number of carbonyl (C=O) groups excluding carboxylic acids is 1. The molecule has 3 rings (SSSR count). The van der Waals surface area contributed by atoms with E-state index in [2.05, 4.69) is 10.6 Å². The first-order chi connectivity index (χ1) is 6.76. The maximum Gasteiger partial charge on any atom is 0.407 e. The molecule has 3 saturated heterocycles. The largest absolute Gasteiger partial charge is 0.443 e. The molecule has 4 nitrogen and oxygen atoms in total. The van der Waals surface area contributed by atoms with Gasteiger partial charge in [-0.15, -0.1) is 12.4 Å². The number of halogens is 1. The molecule has 0 saturated carbocycles. The van der Waals surface area contributed by atoms with Gasteiger partial charge < -0.3 is 15.4 Å². The summed E-state index contributed by atoms with van der Waals surface area (Å²) in [5.41, 5.74) is -0.139. The highest BCUT2D eigenvalue weighted by Crippen LogP contribution is 2.39. The van der Waals surface area contributed by atoms with E-state index >= 15 is 0 Å². The van der Waals surface area contributed by atoms with Gasteiger partial charge in [-0.25, -0.2) is 4.79 Å². The zero-order valence-corrected chi connectivity index (χ0v) is 9.44. The number of nitrogens with one attached hydrogen (secondary N) is 2. The number of alkyl carbamates (subject to hydrolysis) is 1. The Morgan fingerprint density at radius 2 is 1.93 bits per heavy atom. The third kappa shape index (κ3) is 1.93. The van der Waals surface area contributed by atoms with Gasteiger partial charge in [-0.2, -0.15) is 0 Å². The minimum atomic E-state index is -0.224. The summed E-state index contributed by atoms with van der Waals surface area (Å²) in [5.74, 6) is 0. The summed E-state index contributed by atoms with van der Waals surface area (Å²) in [6.45, 7) is 0.776. The molecular formula is C10H17ClN2O2. The Bertz CT molecular complexity index is 260. The van der Waals surface area contributed by atoms with Crippen molar-refractivity contribution in [2.75, 3.05) is 6.54 Å². The second-order valence-corrected chi connectivity index (χ2v) is 4.80. The second kappa shape index (κ2) is 3.83. The van der Waals surface area contributed by atoms with Crippen LogP contribution in [0.2, 0.25) is 0 Å². The van der Waals surface area contributed by atoms with E-state index in [1.165, 1.54) is 12.8 Å². The molecule has 3 aliphatic rings. The van der Waals surface area contributed by atoms with Crippen LogP contribution in [-0.2, 0) is 4.74 Å². The molecular weight excluding hydrogens is 216 g/mol. The number of ether oxygens (including phenoxy) is 1. The van der Waals surface area contributed by atoms with Crippen LogP contribution in [0.1, 0.15) is 32.1 Å². The van der Waals surface area contributed by atoms with E-state index in [-0.39, 0.29) is 24.1 Å². The van der Waals surface area contributed by atoms with Crippen molar-refractivity contribution in [3.05, 3.63) is 0 Å². The molecule has 0 aromatic carbocycles. The van der Waals surface area contributed by atoms with E-state index in [0.717, 1.165) is 25.8 Å². The lowest BCUT2D eigenvalue weighted by Gasteiger charge is -2.42. The van der Waals surface area contributed by atoms with Gasteiger partial charge in [-0.05, 0) is 12.8 Å². The average Bonchev–Trinajstić information content (AvgIpc) is 2.46. The van der Waals surface area contributed by atoms with Crippen LogP contribution in [0.15, 0.2) is 0 Å². The summed E-state index contributed by atoms with van der Waals surface area (Å²) in [6.07, 6.45) is 5.27. The fraction of sp³-hybridized carbons (Fsp3) is 0.900. The predicted octanol–water partition coefficient (Wildman–Crippen LogP) is 1.19. The Kier molecular flexibility index (Phi) is 2.81. The maximum absolute atomic E-state index is 11.2. The lowest BCUT2D eigenvalue weighted by atomic mass is 9.84. The van der Waals surface area contributed by atoms with Gasteiger partial charge in [0.2, 0.25) is 0 Å². The Hall–Kier alpha value is -0.480. The van der Waals surface area contributed by atoms with E-state index in [4.69, 9.17) is 4.74 Å². The molecule has 0 aromatic heterocycles. The highest BCUT2D eigenvalue weighted by Gasteiger charge is 2.47. The fourth-order valence-electron chi connectivity index (χ4n) is 3.17. The lowest BCUT2D eigenvalue weighted by molar-refractivity contribution is -0.0451. The molecule has 0 aromatic rings. The highest BCUT2D eigenvalue weighted by atomic mass is 35.5. The first-order valence-corrected chi connectivity index (χ1v) is 5.49. The van der Waals surface area contributed by atoms with Gasteiger partial charge in [0.25, 0.3) is 0 Å². The Labute approximate surface area is 95.5 Å². The van der Waals surface area contributed by atoms with Crippen molar-refractivity contribution in [2.24, 2.45) is 0 Å². The van der Waals surface area contributed by atoms with Crippen molar-refractivity contribution in [2.45, 2.75) is 49.8 Å². The van der Waals surface area contributed by atoms with Gasteiger partial charge in [0.05, 0.1) is 0 Å². The van der Waals surface area contributed by atoms with Crippen LogP contribution >= 0.6 is 12.4 Å². The van der Waals surface area contributed by atoms with Crippen LogP contribution in [0.3, 0.4) is 0 Å². The van der Waals surface area contributed by atoms with Crippen molar-refractivity contribution in [1.29, 1.82) is 0 Å². The van der Waals surface area contributed by atoms with Crippen LogP contribution in [0.4, 0.5) is 4.79 Å². The SMILES string of the molecule is Cl.O=C1NCCC2(C[C@H]3CC[C@@H](C2)N3)O1. The molecule has 2 N–H and O–H groups in total. The smallest absolute Gasteiger partial charge is 0.407 e. The molecule has 2 bridgehead atoms. The van der Waals surface area contributed by atoms with Gasteiger partial charge >= 0.3 is 6.09 Å². The molecule has 86 valence electrons. The molecule has 1 amide bonds. The van der Waals surface area contributed by atoms with Crippen molar-refractivity contribution in [3.8, 4) is 0 Å². The van der Waals surface area contributed by atoms with Crippen LogP contribution in [0, 0.1) is 0 Å². The summed E-state index contributed by atoms with van der Waals surface area (Å²) >= 11 is 0. The Balaban J connectivity index is 0.000000853. The van der Waals surface area contributed by atoms with E-state index < -0.39 is 0 Å². The zero-order chi connectivity index (χ0) is 9.60.